The summed E-state index contributed by atoms with van der Waals surface area (Å²) in [7, 11) is 2.90. The second-order valence-corrected chi connectivity index (χ2v) is 2.35. The Balaban J connectivity index is 2.64. The Labute approximate surface area is 76.5 Å². The van der Waals surface area contributed by atoms with Gasteiger partial charge in [-0.3, -0.25) is 5.32 Å². The molecule has 1 rings (SSSR count). The molecule has 0 unspecified atom stereocenters. The van der Waals surface area contributed by atoms with Crippen LogP contribution in [0.1, 0.15) is 0 Å². The number of ether oxygens (including phenoxy) is 2. The van der Waals surface area contributed by atoms with Gasteiger partial charge in [0.15, 0.2) is 0 Å². The van der Waals surface area contributed by atoms with E-state index >= 15 is 0 Å². The van der Waals surface area contributed by atoms with Crippen LogP contribution in [-0.2, 0) is 4.74 Å². The summed E-state index contributed by atoms with van der Waals surface area (Å²) in [6, 6.07) is 6.97. The molecular weight excluding hydrogens is 169 g/mol. The summed E-state index contributed by atoms with van der Waals surface area (Å²) >= 11 is 0. The monoisotopic (exact) mass is 180 g/mol. The van der Waals surface area contributed by atoms with Crippen molar-refractivity contribution in [2.75, 3.05) is 19.5 Å². The summed E-state index contributed by atoms with van der Waals surface area (Å²) in [5.74, 6) is 0.746. The van der Waals surface area contributed by atoms with Crippen LogP contribution in [-0.4, -0.2) is 20.3 Å². The second-order valence-electron chi connectivity index (χ2n) is 2.35. The fraction of sp³-hybridized carbons (Fsp3) is 0.222. The van der Waals surface area contributed by atoms with Crippen molar-refractivity contribution in [1.29, 1.82) is 0 Å². The molecule has 13 heavy (non-hydrogen) atoms. The molecule has 0 heterocycles. The SMILES string of the molecule is COc1ccc(N[11C](=O)OC)cc1. The maximum Gasteiger partial charge on any atom is 0.411 e. The number of nitrogens with one attached hydrogen (secondary N) is 1. The van der Waals surface area contributed by atoms with Crippen LogP contribution in [0.2, 0.25) is 0 Å². The third-order valence-electron chi connectivity index (χ3n) is 1.52. The summed E-state index contributed by atoms with van der Waals surface area (Å²) in [6.07, 6.45) is -0.481. The Morgan fingerprint density at radius 3 is 2.31 bits per heavy atom. The summed E-state index contributed by atoms with van der Waals surface area (Å²) < 4.78 is 9.39. The minimum Gasteiger partial charge on any atom is -0.497 e. The Bertz CT molecular complexity index is 281. The van der Waals surface area contributed by atoms with Gasteiger partial charge in [0.05, 0.1) is 14.2 Å². The Morgan fingerprint density at radius 1 is 1.23 bits per heavy atom. The van der Waals surface area contributed by atoms with Crippen molar-refractivity contribution in [1.82, 2.24) is 0 Å². The highest BCUT2D eigenvalue weighted by Crippen LogP contribution is 2.14. The minimum atomic E-state index is -0.481. The molecule has 1 aromatic carbocycles. The molecule has 0 aromatic heterocycles. The number of hydrogen-bond donors (Lipinski definition) is 1. The quantitative estimate of drug-likeness (QED) is 0.755. The fourth-order valence-corrected chi connectivity index (χ4v) is 0.843. The van der Waals surface area contributed by atoms with E-state index in [0.717, 1.165) is 5.75 Å². The third kappa shape index (κ3) is 2.66. The van der Waals surface area contributed by atoms with Crippen LogP contribution in [0.5, 0.6) is 5.75 Å². The standard InChI is InChI=1S/C9H11NO3/c1-12-8-5-3-7(4-6-8)10-9(11)13-2/h3-6H,1-2H3,(H,10,11)/i9-1. The number of methoxy groups -OCH3 is 2. The lowest BCUT2D eigenvalue weighted by molar-refractivity contribution is 0.187. The van der Waals surface area contributed by atoms with Crippen molar-refractivity contribution in [3.05, 3.63) is 24.3 Å². The van der Waals surface area contributed by atoms with Gasteiger partial charge in [0.2, 0.25) is 0 Å². The highest BCUT2D eigenvalue weighted by molar-refractivity contribution is 5.84. The smallest absolute Gasteiger partial charge is 0.411 e. The second kappa shape index (κ2) is 4.35. The van der Waals surface area contributed by atoms with E-state index in [9.17, 15) is 4.79 Å². The number of benzene rings is 1. The Morgan fingerprint density at radius 2 is 1.85 bits per heavy atom. The van der Waals surface area contributed by atoms with Crippen LogP contribution >= 0.6 is 0 Å². The average Bonchev–Trinajstić information content (AvgIpc) is 2.19. The predicted molar refractivity (Wildman–Crippen MR) is 49.0 cm³/mol. The third-order valence-corrected chi connectivity index (χ3v) is 1.52. The van der Waals surface area contributed by atoms with E-state index in [-0.39, 0.29) is 0 Å². The van der Waals surface area contributed by atoms with Crippen LogP contribution in [0.15, 0.2) is 24.3 Å². The molecule has 0 spiro atoms. The van der Waals surface area contributed by atoms with Crippen molar-refractivity contribution in [2.45, 2.75) is 0 Å². The number of rotatable bonds is 2. The van der Waals surface area contributed by atoms with E-state index < -0.39 is 6.09 Å². The lowest BCUT2D eigenvalue weighted by Gasteiger charge is -2.04. The van der Waals surface area contributed by atoms with Crippen molar-refractivity contribution in [3.63, 3.8) is 0 Å². The van der Waals surface area contributed by atoms with E-state index in [1.165, 1.54) is 7.11 Å². The molecular formula is C9H11NO3. The summed E-state index contributed by atoms with van der Waals surface area (Å²) in [5, 5.41) is 2.53. The van der Waals surface area contributed by atoms with E-state index in [1.54, 1.807) is 31.4 Å². The Kier molecular flexibility index (Phi) is 3.14. The zero-order valence-corrected chi connectivity index (χ0v) is 7.53. The van der Waals surface area contributed by atoms with Crippen LogP contribution in [0.4, 0.5) is 10.5 Å². The minimum absolute atomic E-state index is 0.481. The first-order chi connectivity index (χ1) is 6.26. The van der Waals surface area contributed by atoms with Crippen LogP contribution in [0, 0.1) is 0 Å². The molecule has 0 saturated carbocycles. The van der Waals surface area contributed by atoms with Crippen molar-refractivity contribution in [2.24, 2.45) is 0 Å². The van der Waals surface area contributed by atoms with Gasteiger partial charge in [-0.15, -0.1) is 0 Å². The van der Waals surface area contributed by atoms with Crippen molar-refractivity contribution in [3.8, 4) is 5.75 Å². The van der Waals surface area contributed by atoms with Gasteiger partial charge < -0.3 is 9.47 Å². The molecule has 1 N–H and O–H groups in total. The number of carbonyl (C=O) groups excluding carboxylic acids is 1. The first-order valence-electron chi connectivity index (χ1n) is 3.75. The van der Waals surface area contributed by atoms with Crippen molar-refractivity contribution >= 4 is 11.8 Å². The van der Waals surface area contributed by atoms with Gasteiger partial charge in [0, 0.05) is 5.69 Å². The zero-order chi connectivity index (χ0) is 9.68. The average molecular weight is 180 g/mol. The number of hydrogen-bond acceptors (Lipinski definition) is 3. The summed E-state index contributed by atoms with van der Waals surface area (Å²) in [6.45, 7) is 0. The zero-order valence-electron chi connectivity index (χ0n) is 7.53. The van der Waals surface area contributed by atoms with Gasteiger partial charge in [0.1, 0.15) is 5.75 Å². The first-order valence-corrected chi connectivity index (χ1v) is 3.75. The highest BCUT2D eigenvalue weighted by atomic mass is 16.5. The van der Waals surface area contributed by atoms with Gasteiger partial charge >= 0.3 is 6.09 Å². The van der Waals surface area contributed by atoms with E-state index in [1.807, 2.05) is 0 Å². The largest absolute Gasteiger partial charge is 0.497 e. The highest BCUT2D eigenvalue weighted by Gasteiger charge is 1.99. The molecule has 4 nitrogen and oxygen atoms in total. The van der Waals surface area contributed by atoms with Crippen LogP contribution in [0.3, 0.4) is 0 Å². The number of anilines is 1. The van der Waals surface area contributed by atoms with E-state index in [2.05, 4.69) is 10.1 Å². The number of carbonyl (C=O) groups is 1. The van der Waals surface area contributed by atoms with Crippen molar-refractivity contribution < 1.29 is 14.3 Å². The molecule has 1 amide bonds. The molecule has 0 fully saturated rings. The molecule has 0 aliphatic heterocycles. The van der Waals surface area contributed by atoms with Gasteiger partial charge in [-0.2, -0.15) is 0 Å². The molecule has 0 bridgehead atoms. The lowest BCUT2D eigenvalue weighted by atomic mass is 10.2. The fourth-order valence-electron chi connectivity index (χ4n) is 0.843. The predicted octanol–water partition coefficient (Wildman–Crippen LogP) is 1.87. The normalized spacial score (nSPS) is 9.08. The molecule has 70 valence electrons. The van der Waals surface area contributed by atoms with Crippen LogP contribution in [0.25, 0.3) is 0 Å². The van der Waals surface area contributed by atoms with Gasteiger partial charge in [-0.05, 0) is 24.3 Å². The molecule has 1 aromatic rings. The van der Waals surface area contributed by atoms with Gasteiger partial charge in [0.25, 0.3) is 0 Å². The molecule has 0 saturated heterocycles. The maximum atomic E-state index is 10.8. The molecule has 0 aliphatic rings. The molecule has 0 radical (unpaired) electrons. The lowest BCUT2D eigenvalue weighted by Crippen LogP contribution is -2.10. The van der Waals surface area contributed by atoms with E-state index in [0.29, 0.717) is 5.69 Å². The van der Waals surface area contributed by atoms with Gasteiger partial charge in [-0.1, -0.05) is 0 Å². The summed E-state index contributed by atoms with van der Waals surface area (Å²) in [5.41, 5.74) is 0.674. The van der Waals surface area contributed by atoms with E-state index in [4.69, 9.17) is 4.74 Å². The maximum absolute atomic E-state index is 10.8. The topological polar surface area (TPSA) is 47.6 Å². The molecule has 0 atom stereocenters. The number of amides is 1. The Hall–Kier alpha value is -1.71. The summed E-state index contributed by atoms with van der Waals surface area (Å²) in [4.78, 5) is 10.8. The van der Waals surface area contributed by atoms with Crippen LogP contribution < -0.4 is 10.1 Å². The molecule has 4 heteroatoms. The molecule has 0 aliphatic carbocycles. The first kappa shape index (κ1) is 9.38. The van der Waals surface area contributed by atoms with Gasteiger partial charge in [-0.25, -0.2) is 4.79 Å².